The van der Waals surface area contributed by atoms with Crippen LogP contribution in [0, 0.1) is 6.92 Å². The van der Waals surface area contributed by atoms with Gasteiger partial charge >= 0.3 is 0 Å². The van der Waals surface area contributed by atoms with Crippen molar-refractivity contribution < 1.29 is 0 Å². The van der Waals surface area contributed by atoms with Gasteiger partial charge in [0.2, 0.25) is 0 Å². The van der Waals surface area contributed by atoms with Crippen molar-refractivity contribution in [1.82, 2.24) is 9.97 Å². The number of aryl methyl sites for hydroxylation is 1. The van der Waals surface area contributed by atoms with Gasteiger partial charge in [-0.25, -0.2) is 4.98 Å². The quantitative estimate of drug-likeness (QED) is 0.661. The summed E-state index contributed by atoms with van der Waals surface area (Å²) >= 11 is 0. The highest BCUT2D eigenvalue weighted by molar-refractivity contribution is 5.78. The molecule has 1 aliphatic rings. The van der Waals surface area contributed by atoms with Gasteiger partial charge in [0.15, 0.2) is 0 Å². The molecule has 1 aliphatic carbocycles. The second-order valence-corrected chi connectivity index (χ2v) is 7.05. The Hall–Kier alpha value is -1.31. The summed E-state index contributed by atoms with van der Waals surface area (Å²) in [5.41, 5.74) is 3.66. The van der Waals surface area contributed by atoms with Crippen molar-refractivity contribution >= 4 is 11.0 Å². The first-order valence-corrected chi connectivity index (χ1v) is 9.30. The van der Waals surface area contributed by atoms with Crippen molar-refractivity contribution in [2.45, 2.75) is 83.5 Å². The molecule has 0 spiro atoms. The number of imidazole rings is 1. The van der Waals surface area contributed by atoms with Gasteiger partial charge in [0.05, 0.1) is 11.0 Å². The van der Waals surface area contributed by atoms with E-state index < -0.39 is 0 Å². The maximum absolute atomic E-state index is 4.95. The molecule has 2 heteroatoms. The van der Waals surface area contributed by atoms with Crippen LogP contribution in [-0.2, 0) is 0 Å². The Bertz CT molecular complexity index is 572. The van der Waals surface area contributed by atoms with Gasteiger partial charge in [0.1, 0.15) is 5.82 Å². The molecule has 1 heterocycles. The summed E-state index contributed by atoms with van der Waals surface area (Å²) in [7, 11) is 0. The fourth-order valence-electron chi connectivity index (χ4n) is 3.82. The van der Waals surface area contributed by atoms with E-state index in [2.05, 4.69) is 30.1 Å². The second-order valence-electron chi connectivity index (χ2n) is 7.05. The van der Waals surface area contributed by atoms with Gasteiger partial charge in [0, 0.05) is 5.92 Å². The minimum absolute atomic E-state index is 0.631. The molecule has 1 N–H and O–H groups in total. The van der Waals surface area contributed by atoms with Crippen molar-refractivity contribution in [3.63, 3.8) is 0 Å². The van der Waals surface area contributed by atoms with E-state index in [4.69, 9.17) is 4.98 Å². The highest BCUT2D eigenvalue weighted by Crippen LogP contribution is 2.29. The lowest BCUT2D eigenvalue weighted by atomic mass is 9.92. The Morgan fingerprint density at radius 1 is 0.864 bits per heavy atom. The Morgan fingerprint density at radius 2 is 1.45 bits per heavy atom. The van der Waals surface area contributed by atoms with Crippen LogP contribution in [0.3, 0.4) is 0 Å². The maximum atomic E-state index is 4.95. The van der Waals surface area contributed by atoms with Crippen LogP contribution in [-0.4, -0.2) is 9.97 Å². The summed E-state index contributed by atoms with van der Waals surface area (Å²) in [5.74, 6) is 1.87. The second kappa shape index (κ2) is 7.80. The lowest BCUT2D eigenvalue weighted by molar-refractivity contribution is 0.458. The highest BCUT2D eigenvalue weighted by atomic mass is 14.9. The average molecular weight is 298 g/mol. The molecule has 120 valence electrons. The van der Waals surface area contributed by atoms with Gasteiger partial charge in [-0.05, 0) is 31.4 Å². The minimum atomic E-state index is 0.631. The van der Waals surface area contributed by atoms with E-state index >= 15 is 0 Å². The summed E-state index contributed by atoms with van der Waals surface area (Å²) in [6.45, 7) is 2.16. The van der Waals surface area contributed by atoms with Gasteiger partial charge in [-0.3, -0.25) is 0 Å². The van der Waals surface area contributed by atoms with Crippen molar-refractivity contribution in [1.29, 1.82) is 0 Å². The number of H-pyrrole nitrogens is 1. The normalized spacial score (nSPS) is 19.7. The zero-order chi connectivity index (χ0) is 15.2. The number of aromatic amines is 1. The van der Waals surface area contributed by atoms with Crippen LogP contribution in [0.5, 0.6) is 0 Å². The van der Waals surface area contributed by atoms with E-state index in [1.54, 1.807) is 0 Å². The van der Waals surface area contributed by atoms with Gasteiger partial charge in [-0.1, -0.05) is 69.9 Å². The van der Waals surface area contributed by atoms with Gasteiger partial charge < -0.3 is 4.98 Å². The predicted octanol–water partition coefficient (Wildman–Crippen LogP) is 6.26. The lowest BCUT2D eigenvalue weighted by Crippen LogP contribution is -2.02. The van der Waals surface area contributed by atoms with Crippen LogP contribution in [0.2, 0.25) is 0 Å². The topological polar surface area (TPSA) is 28.7 Å². The zero-order valence-corrected chi connectivity index (χ0v) is 14.0. The number of aromatic nitrogens is 2. The summed E-state index contributed by atoms with van der Waals surface area (Å²) in [6, 6.07) is 6.45. The molecule has 3 rings (SSSR count). The number of rotatable bonds is 1. The number of para-hydroxylation sites is 1. The average Bonchev–Trinajstić information content (AvgIpc) is 2.93. The Kier molecular flexibility index (Phi) is 5.53. The molecule has 1 fully saturated rings. The number of hydrogen-bond donors (Lipinski definition) is 1. The predicted molar refractivity (Wildman–Crippen MR) is 94.4 cm³/mol. The van der Waals surface area contributed by atoms with E-state index in [1.165, 1.54) is 93.1 Å². The van der Waals surface area contributed by atoms with E-state index in [-0.39, 0.29) is 0 Å². The van der Waals surface area contributed by atoms with Gasteiger partial charge in [-0.2, -0.15) is 0 Å². The largest absolute Gasteiger partial charge is 0.342 e. The first-order chi connectivity index (χ1) is 10.8. The fourth-order valence-corrected chi connectivity index (χ4v) is 3.82. The number of fused-ring (bicyclic) bond motifs is 1. The minimum Gasteiger partial charge on any atom is -0.342 e. The summed E-state index contributed by atoms with van der Waals surface area (Å²) in [6.07, 6.45) is 15.3. The Labute approximate surface area is 134 Å². The number of benzene rings is 1. The smallest absolute Gasteiger partial charge is 0.110 e. The number of nitrogens with one attached hydrogen (secondary N) is 1. The van der Waals surface area contributed by atoms with Crippen molar-refractivity contribution in [3.8, 4) is 0 Å². The van der Waals surface area contributed by atoms with Crippen LogP contribution >= 0.6 is 0 Å². The van der Waals surface area contributed by atoms with Crippen molar-refractivity contribution in [2.24, 2.45) is 0 Å². The zero-order valence-electron chi connectivity index (χ0n) is 14.0. The van der Waals surface area contributed by atoms with Crippen molar-refractivity contribution in [3.05, 3.63) is 29.6 Å². The first-order valence-electron chi connectivity index (χ1n) is 9.30. The Morgan fingerprint density at radius 3 is 2.05 bits per heavy atom. The standard InChI is InChI=1S/C20H30N2/c1-16-12-11-15-18-19(16)22-20(21-18)17-13-9-7-5-3-2-4-6-8-10-14-17/h11-12,15,17H,2-10,13-14H2,1H3,(H,21,22). The molecule has 0 atom stereocenters. The third kappa shape index (κ3) is 3.91. The van der Waals surface area contributed by atoms with Gasteiger partial charge in [-0.15, -0.1) is 0 Å². The van der Waals surface area contributed by atoms with Crippen LogP contribution in [0.15, 0.2) is 18.2 Å². The highest BCUT2D eigenvalue weighted by Gasteiger charge is 2.16. The first kappa shape index (κ1) is 15.6. The SMILES string of the molecule is Cc1cccc2[nH]c(C3CCCCCCCCCCC3)nc12. The molecule has 0 saturated heterocycles. The van der Waals surface area contributed by atoms with Gasteiger partial charge in [0.25, 0.3) is 0 Å². The molecule has 1 saturated carbocycles. The molecule has 1 aromatic carbocycles. The molecule has 22 heavy (non-hydrogen) atoms. The molecule has 0 bridgehead atoms. The van der Waals surface area contributed by atoms with E-state index in [0.717, 1.165) is 0 Å². The molecule has 2 aromatic rings. The molecule has 0 aliphatic heterocycles. The van der Waals surface area contributed by atoms with E-state index in [9.17, 15) is 0 Å². The van der Waals surface area contributed by atoms with E-state index in [0.29, 0.717) is 5.92 Å². The molecule has 2 nitrogen and oxygen atoms in total. The molecule has 0 radical (unpaired) electrons. The molecule has 1 aromatic heterocycles. The Balaban J connectivity index is 1.74. The van der Waals surface area contributed by atoms with Crippen LogP contribution < -0.4 is 0 Å². The van der Waals surface area contributed by atoms with E-state index in [1.807, 2.05) is 0 Å². The maximum Gasteiger partial charge on any atom is 0.110 e. The van der Waals surface area contributed by atoms with Crippen LogP contribution in [0.25, 0.3) is 11.0 Å². The number of nitrogens with zero attached hydrogens (tertiary/aromatic N) is 1. The molecular formula is C20H30N2. The number of hydrogen-bond acceptors (Lipinski definition) is 1. The van der Waals surface area contributed by atoms with Crippen molar-refractivity contribution in [2.75, 3.05) is 0 Å². The van der Waals surface area contributed by atoms with Crippen LogP contribution in [0.4, 0.5) is 0 Å². The third-order valence-corrected chi connectivity index (χ3v) is 5.22. The lowest BCUT2D eigenvalue weighted by Gasteiger charge is -2.15. The molecule has 0 amide bonds. The molecule has 0 unspecified atom stereocenters. The summed E-state index contributed by atoms with van der Waals surface area (Å²) in [5, 5.41) is 0. The fraction of sp³-hybridized carbons (Fsp3) is 0.650. The summed E-state index contributed by atoms with van der Waals surface area (Å²) in [4.78, 5) is 8.56. The summed E-state index contributed by atoms with van der Waals surface area (Å²) < 4.78 is 0. The third-order valence-electron chi connectivity index (χ3n) is 5.22. The van der Waals surface area contributed by atoms with Crippen LogP contribution in [0.1, 0.15) is 87.9 Å². The monoisotopic (exact) mass is 298 g/mol. The molecular weight excluding hydrogens is 268 g/mol.